The molecule has 0 saturated carbocycles. The number of hydrogen-bond acceptors (Lipinski definition) is 4. The third-order valence-electron chi connectivity index (χ3n) is 4.26. The maximum Gasteiger partial charge on any atom is 0.243 e. The van der Waals surface area contributed by atoms with Crippen LogP contribution >= 0.6 is 0 Å². The van der Waals surface area contributed by atoms with Crippen LogP contribution in [0.15, 0.2) is 23.1 Å². The number of aromatic nitrogens is 2. The summed E-state index contributed by atoms with van der Waals surface area (Å²) in [6.45, 7) is 5.36. The Balaban J connectivity index is 1.77. The molecule has 0 radical (unpaired) electrons. The van der Waals surface area contributed by atoms with Gasteiger partial charge in [-0.15, -0.1) is 0 Å². The van der Waals surface area contributed by atoms with Gasteiger partial charge in [-0.2, -0.15) is 4.31 Å². The molecule has 0 bridgehead atoms. The van der Waals surface area contributed by atoms with E-state index in [0.29, 0.717) is 38.1 Å². The number of amides is 1. The van der Waals surface area contributed by atoms with Crippen LogP contribution in [0.4, 0.5) is 0 Å². The van der Waals surface area contributed by atoms with Gasteiger partial charge in [0.2, 0.25) is 15.9 Å². The van der Waals surface area contributed by atoms with E-state index in [1.54, 1.807) is 23.1 Å². The zero-order valence-electron chi connectivity index (χ0n) is 13.9. The molecule has 0 atom stereocenters. The second-order valence-electron chi connectivity index (χ2n) is 6.04. The van der Waals surface area contributed by atoms with Crippen LogP contribution in [0.2, 0.25) is 0 Å². The molecular formula is C16H22N4O3S. The average molecular weight is 350 g/mol. The highest BCUT2D eigenvalue weighted by Gasteiger charge is 2.30. The number of carbonyl (C=O) groups excluding carboxylic acids is 1. The molecule has 0 spiro atoms. The summed E-state index contributed by atoms with van der Waals surface area (Å²) in [4.78, 5) is 21.3. The summed E-state index contributed by atoms with van der Waals surface area (Å²) in [6, 6.07) is 4.93. The van der Waals surface area contributed by atoms with Crippen LogP contribution < -0.4 is 0 Å². The molecule has 2 heterocycles. The molecule has 1 aliphatic heterocycles. The Kier molecular flexibility index (Phi) is 4.60. The Morgan fingerprint density at radius 1 is 1.25 bits per heavy atom. The van der Waals surface area contributed by atoms with Crippen molar-refractivity contribution in [3.05, 3.63) is 24.0 Å². The number of aromatic amines is 1. The first-order chi connectivity index (χ1) is 11.4. The summed E-state index contributed by atoms with van der Waals surface area (Å²) >= 11 is 0. The van der Waals surface area contributed by atoms with E-state index in [0.717, 1.165) is 17.8 Å². The Hall–Kier alpha value is -1.93. The van der Waals surface area contributed by atoms with Gasteiger partial charge >= 0.3 is 0 Å². The lowest BCUT2D eigenvalue weighted by Gasteiger charge is -2.34. The van der Waals surface area contributed by atoms with Crippen molar-refractivity contribution >= 4 is 27.0 Å². The van der Waals surface area contributed by atoms with Crippen LogP contribution in [0.1, 0.15) is 25.6 Å². The SMILES string of the molecule is CCCC(=O)N1CCN(S(=O)(=O)c2ccc3nc(C)[nH]c3c2)CC1. The third kappa shape index (κ3) is 3.16. The van der Waals surface area contributed by atoms with Gasteiger partial charge in [-0.25, -0.2) is 13.4 Å². The summed E-state index contributed by atoms with van der Waals surface area (Å²) < 4.78 is 27.1. The zero-order chi connectivity index (χ0) is 17.3. The quantitative estimate of drug-likeness (QED) is 0.905. The topological polar surface area (TPSA) is 86.4 Å². The fourth-order valence-corrected chi connectivity index (χ4v) is 4.42. The van der Waals surface area contributed by atoms with Gasteiger partial charge in [0, 0.05) is 32.6 Å². The van der Waals surface area contributed by atoms with Gasteiger partial charge in [0.05, 0.1) is 15.9 Å². The van der Waals surface area contributed by atoms with Gasteiger partial charge < -0.3 is 9.88 Å². The molecule has 24 heavy (non-hydrogen) atoms. The summed E-state index contributed by atoms with van der Waals surface area (Å²) in [5, 5.41) is 0. The molecule has 1 aromatic carbocycles. The number of piperazine rings is 1. The molecule has 0 unspecified atom stereocenters. The molecule has 1 saturated heterocycles. The second kappa shape index (κ2) is 6.52. The molecule has 7 nitrogen and oxygen atoms in total. The predicted molar refractivity (Wildman–Crippen MR) is 91.1 cm³/mol. The highest BCUT2D eigenvalue weighted by molar-refractivity contribution is 7.89. The van der Waals surface area contributed by atoms with Crippen molar-refractivity contribution in [1.82, 2.24) is 19.2 Å². The number of benzene rings is 1. The number of H-pyrrole nitrogens is 1. The van der Waals surface area contributed by atoms with Gasteiger partial charge in [0.15, 0.2) is 0 Å². The first-order valence-electron chi connectivity index (χ1n) is 8.16. The minimum atomic E-state index is -3.56. The molecule has 1 N–H and O–H groups in total. The fraction of sp³-hybridized carbons (Fsp3) is 0.500. The van der Waals surface area contributed by atoms with E-state index in [1.165, 1.54) is 4.31 Å². The first-order valence-corrected chi connectivity index (χ1v) is 9.60. The number of hydrogen-bond donors (Lipinski definition) is 1. The molecule has 0 aliphatic carbocycles. The smallest absolute Gasteiger partial charge is 0.243 e. The maximum atomic E-state index is 12.8. The summed E-state index contributed by atoms with van der Waals surface area (Å²) in [5.74, 6) is 0.853. The monoisotopic (exact) mass is 350 g/mol. The third-order valence-corrected chi connectivity index (χ3v) is 6.16. The highest BCUT2D eigenvalue weighted by Crippen LogP contribution is 2.22. The van der Waals surface area contributed by atoms with Gasteiger partial charge in [-0.1, -0.05) is 6.92 Å². The number of aryl methyl sites for hydroxylation is 1. The van der Waals surface area contributed by atoms with Crippen LogP contribution in [-0.4, -0.2) is 59.7 Å². The van der Waals surface area contributed by atoms with Crippen LogP contribution in [0.5, 0.6) is 0 Å². The van der Waals surface area contributed by atoms with E-state index in [2.05, 4.69) is 9.97 Å². The van der Waals surface area contributed by atoms with E-state index in [1.807, 2.05) is 13.8 Å². The number of rotatable bonds is 4. The number of nitrogens with zero attached hydrogens (tertiary/aromatic N) is 3. The standard InChI is InChI=1S/C16H22N4O3S/c1-3-4-16(21)19-7-9-20(10-8-19)24(22,23)13-5-6-14-15(11-13)18-12(2)17-14/h5-6,11H,3-4,7-10H2,1-2H3,(H,17,18). The highest BCUT2D eigenvalue weighted by atomic mass is 32.2. The molecule has 3 rings (SSSR count). The summed E-state index contributed by atoms with van der Waals surface area (Å²) in [7, 11) is -3.56. The molecule has 2 aromatic rings. The second-order valence-corrected chi connectivity index (χ2v) is 7.97. The van der Waals surface area contributed by atoms with Gasteiger partial charge in [0.25, 0.3) is 0 Å². The normalized spacial score (nSPS) is 16.7. The molecule has 8 heteroatoms. The lowest BCUT2D eigenvalue weighted by atomic mass is 10.2. The van der Waals surface area contributed by atoms with E-state index >= 15 is 0 Å². The van der Waals surface area contributed by atoms with E-state index < -0.39 is 10.0 Å². The minimum Gasteiger partial charge on any atom is -0.342 e. The number of nitrogens with one attached hydrogen (secondary N) is 1. The molecule has 130 valence electrons. The molecule has 1 amide bonds. The van der Waals surface area contributed by atoms with Gasteiger partial charge in [-0.05, 0) is 31.5 Å². The largest absolute Gasteiger partial charge is 0.342 e. The Morgan fingerprint density at radius 2 is 1.96 bits per heavy atom. The van der Waals surface area contributed by atoms with Crippen molar-refractivity contribution in [2.75, 3.05) is 26.2 Å². The Morgan fingerprint density at radius 3 is 2.62 bits per heavy atom. The first kappa shape index (κ1) is 16.9. The van der Waals surface area contributed by atoms with Crippen LogP contribution in [0.3, 0.4) is 0 Å². The predicted octanol–water partition coefficient (Wildman–Crippen LogP) is 1.50. The van der Waals surface area contributed by atoms with E-state index in [9.17, 15) is 13.2 Å². The number of carbonyl (C=O) groups is 1. The van der Waals surface area contributed by atoms with Crippen molar-refractivity contribution < 1.29 is 13.2 Å². The summed E-state index contributed by atoms with van der Waals surface area (Å²) in [5.41, 5.74) is 1.46. The minimum absolute atomic E-state index is 0.101. The van der Waals surface area contributed by atoms with Crippen LogP contribution in [-0.2, 0) is 14.8 Å². The fourth-order valence-electron chi connectivity index (χ4n) is 2.98. The van der Waals surface area contributed by atoms with Gasteiger partial charge in [0.1, 0.15) is 5.82 Å². The number of imidazole rings is 1. The lowest BCUT2D eigenvalue weighted by molar-refractivity contribution is -0.132. The van der Waals surface area contributed by atoms with Crippen molar-refractivity contribution in [3.63, 3.8) is 0 Å². The van der Waals surface area contributed by atoms with Crippen molar-refractivity contribution in [1.29, 1.82) is 0 Å². The van der Waals surface area contributed by atoms with Gasteiger partial charge in [-0.3, -0.25) is 4.79 Å². The van der Waals surface area contributed by atoms with E-state index in [-0.39, 0.29) is 10.8 Å². The van der Waals surface area contributed by atoms with Crippen molar-refractivity contribution in [2.24, 2.45) is 0 Å². The zero-order valence-corrected chi connectivity index (χ0v) is 14.8. The van der Waals surface area contributed by atoms with Crippen LogP contribution in [0, 0.1) is 6.92 Å². The van der Waals surface area contributed by atoms with Crippen molar-refractivity contribution in [2.45, 2.75) is 31.6 Å². The molecular weight excluding hydrogens is 328 g/mol. The molecule has 1 aromatic heterocycles. The Bertz CT molecular complexity index is 851. The average Bonchev–Trinajstić information content (AvgIpc) is 2.94. The Labute approximate surface area is 141 Å². The van der Waals surface area contributed by atoms with Crippen molar-refractivity contribution in [3.8, 4) is 0 Å². The maximum absolute atomic E-state index is 12.8. The molecule has 1 fully saturated rings. The number of fused-ring (bicyclic) bond motifs is 1. The van der Waals surface area contributed by atoms with Crippen LogP contribution in [0.25, 0.3) is 11.0 Å². The lowest BCUT2D eigenvalue weighted by Crippen LogP contribution is -2.50. The number of sulfonamides is 1. The molecule has 1 aliphatic rings. The summed E-state index contributed by atoms with van der Waals surface area (Å²) in [6.07, 6.45) is 1.32. The van der Waals surface area contributed by atoms with E-state index in [4.69, 9.17) is 0 Å².